The maximum atomic E-state index is 13.9. The molecule has 0 aromatic heterocycles. The molecule has 0 bridgehead atoms. The average molecular weight is 392 g/mol. The predicted octanol–water partition coefficient (Wildman–Crippen LogP) is 1.17. The second kappa shape index (κ2) is 8.55. The number of hydrogen-bond acceptors (Lipinski definition) is 4. The van der Waals surface area contributed by atoms with E-state index in [1.165, 1.54) is 11.0 Å². The molecule has 3 rings (SSSR count). The molecule has 1 aliphatic heterocycles. The molecule has 1 aromatic rings. The molecule has 8 nitrogen and oxygen atoms in total. The summed E-state index contributed by atoms with van der Waals surface area (Å²) in [6.07, 6.45) is 1.76. The number of carbonyl (C=O) groups excluding carboxylic acids is 2. The fraction of sp³-hybridized carbons (Fsp3) is 0.526. The normalized spacial score (nSPS) is 24.2. The largest absolute Gasteiger partial charge is 0.480 e. The van der Waals surface area contributed by atoms with Crippen molar-refractivity contribution < 1.29 is 23.9 Å². The van der Waals surface area contributed by atoms with Crippen molar-refractivity contribution in [1.82, 2.24) is 15.5 Å². The fourth-order valence-electron chi connectivity index (χ4n) is 3.79. The number of benzene rings is 1. The number of rotatable bonds is 7. The van der Waals surface area contributed by atoms with Gasteiger partial charge in [-0.2, -0.15) is 0 Å². The van der Waals surface area contributed by atoms with E-state index in [9.17, 15) is 18.8 Å². The van der Waals surface area contributed by atoms with Crippen molar-refractivity contribution in [2.45, 2.75) is 44.3 Å². The number of nitrogens with one attached hydrogen (secondary N) is 2. The van der Waals surface area contributed by atoms with Crippen LogP contribution >= 0.6 is 0 Å². The second-order valence-electron chi connectivity index (χ2n) is 7.18. The number of aliphatic carboxylic acids is 1. The van der Waals surface area contributed by atoms with Crippen molar-refractivity contribution >= 4 is 23.6 Å². The van der Waals surface area contributed by atoms with Gasteiger partial charge in [-0.25, -0.2) is 9.18 Å². The molecule has 0 spiro atoms. The summed E-state index contributed by atoms with van der Waals surface area (Å²) in [5, 5.41) is 14.4. The lowest BCUT2D eigenvalue weighted by Gasteiger charge is -2.42. The average Bonchev–Trinajstić information content (AvgIpc) is 2.97. The highest BCUT2D eigenvalue weighted by Gasteiger charge is 2.37. The van der Waals surface area contributed by atoms with E-state index < -0.39 is 23.9 Å². The van der Waals surface area contributed by atoms with Gasteiger partial charge in [-0.1, -0.05) is 19.1 Å². The van der Waals surface area contributed by atoms with E-state index in [0.29, 0.717) is 32.4 Å². The first-order valence-electron chi connectivity index (χ1n) is 9.47. The van der Waals surface area contributed by atoms with E-state index in [1.54, 1.807) is 18.2 Å². The molecule has 1 saturated heterocycles. The SMILES string of the molecule is CCN(CC(=O)O)C1CC(NC(=O)NC2CCN(c3ccccc3F)C2=O)C1. The summed E-state index contributed by atoms with van der Waals surface area (Å²) in [6, 6.07) is 5.03. The maximum Gasteiger partial charge on any atom is 0.317 e. The van der Waals surface area contributed by atoms with Crippen LogP contribution in [0, 0.1) is 5.82 Å². The van der Waals surface area contributed by atoms with E-state index in [0.717, 1.165) is 0 Å². The third-order valence-corrected chi connectivity index (χ3v) is 5.36. The zero-order valence-electron chi connectivity index (χ0n) is 15.7. The van der Waals surface area contributed by atoms with Gasteiger partial charge in [0.05, 0.1) is 12.2 Å². The Morgan fingerprint density at radius 3 is 2.64 bits per heavy atom. The van der Waals surface area contributed by atoms with E-state index >= 15 is 0 Å². The summed E-state index contributed by atoms with van der Waals surface area (Å²) >= 11 is 0. The van der Waals surface area contributed by atoms with Gasteiger partial charge >= 0.3 is 12.0 Å². The number of urea groups is 1. The highest BCUT2D eigenvalue weighted by Crippen LogP contribution is 2.26. The van der Waals surface area contributed by atoms with Gasteiger partial charge in [0.2, 0.25) is 5.91 Å². The van der Waals surface area contributed by atoms with Gasteiger partial charge < -0.3 is 20.6 Å². The van der Waals surface area contributed by atoms with Crippen LogP contribution in [0.25, 0.3) is 0 Å². The number of amides is 3. The third-order valence-electron chi connectivity index (χ3n) is 5.36. The van der Waals surface area contributed by atoms with E-state index in [1.807, 2.05) is 11.8 Å². The highest BCUT2D eigenvalue weighted by molar-refractivity contribution is 6.01. The predicted molar refractivity (Wildman–Crippen MR) is 101 cm³/mol. The van der Waals surface area contributed by atoms with E-state index in [2.05, 4.69) is 10.6 Å². The van der Waals surface area contributed by atoms with Crippen LogP contribution in [0.3, 0.4) is 0 Å². The van der Waals surface area contributed by atoms with Crippen molar-refractivity contribution in [2.24, 2.45) is 0 Å². The molecule has 1 heterocycles. The first kappa shape index (κ1) is 20.1. The molecule has 1 unspecified atom stereocenters. The van der Waals surface area contributed by atoms with Crippen LogP contribution in [0.1, 0.15) is 26.2 Å². The molecule has 1 atom stereocenters. The summed E-state index contributed by atoms with van der Waals surface area (Å²) in [4.78, 5) is 38.8. The summed E-state index contributed by atoms with van der Waals surface area (Å²) in [5.41, 5.74) is 0.220. The minimum absolute atomic E-state index is 0.0114. The molecule has 2 aliphatic rings. The lowest BCUT2D eigenvalue weighted by molar-refractivity contribution is -0.139. The smallest absolute Gasteiger partial charge is 0.317 e. The monoisotopic (exact) mass is 392 g/mol. The molecule has 0 radical (unpaired) electrons. The molecule has 152 valence electrons. The van der Waals surface area contributed by atoms with Crippen molar-refractivity contribution in [2.75, 3.05) is 24.5 Å². The van der Waals surface area contributed by atoms with Crippen molar-refractivity contribution in [3.8, 4) is 0 Å². The van der Waals surface area contributed by atoms with Gasteiger partial charge in [0.25, 0.3) is 0 Å². The van der Waals surface area contributed by atoms with Crippen molar-refractivity contribution in [3.63, 3.8) is 0 Å². The Hall–Kier alpha value is -2.68. The van der Waals surface area contributed by atoms with Gasteiger partial charge in [0.15, 0.2) is 0 Å². The quantitative estimate of drug-likeness (QED) is 0.647. The number of halogens is 1. The number of para-hydroxylation sites is 1. The molecule has 9 heteroatoms. The molecular weight excluding hydrogens is 367 g/mol. The molecule has 3 N–H and O–H groups in total. The summed E-state index contributed by atoms with van der Waals surface area (Å²) in [6.45, 7) is 2.88. The Bertz CT molecular complexity index is 753. The van der Waals surface area contributed by atoms with Crippen LogP contribution in [0.15, 0.2) is 24.3 Å². The van der Waals surface area contributed by atoms with Gasteiger partial charge in [-0.05, 0) is 37.9 Å². The standard InChI is InChI=1S/C19H25FN4O4/c1-2-23(11-17(25)26)13-9-12(10-13)21-19(28)22-15-7-8-24(18(15)27)16-6-4-3-5-14(16)20/h3-6,12-13,15H,2,7-11H2,1H3,(H,25,26)(H2,21,22,28). The number of carboxylic acids is 1. The van der Waals surface area contributed by atoms with Crippen LogP contribution in [-0.4, -0.2) is 65.7 Å². The molecule has 28 heavy (non-hydrogen) atoms. The minimum atomic E-state index is -0.866. The van der Waals surface area contributed by atoms with Gasteiger partial charge in [0, 0.05) is 18.6 Å². The first-order valence-corrected chi connectivity index (χ1v) is 9.47. The van der Waals surface area contributed by atoms with Gasteiger partial charge in [0.1, 0.15) is 11.9 Å². The number of anilines is 1. The number of carboxylic acid groups (broad SMARTS) is 1. The Morgan fingerprint density at radius 1 is 1.29 bits per heavy atom. The van der Waals surface area contributed by atoms with E-state index in [-0.39, 0.29) is 30.2 Å². The summed E-state index contributed by atoms with van der Waals surface area (Å²) in [5.74, 6) is -1.66. The Labute approximate surface area is 162 Å². The number of likely N-dealkylation sites (N-methyl/N-ethyl adjacent to an activating group) is 1. The van der Waals surface area contributed by atoms with Crippen LogP contribution in [0.4, 0.5) is 14.9 Å². The molecule has 1 aliphatic carbocycles. The third kappa shape index (κ3) is 4.41. The van der Waals surface area contributed by atoms with Crippen LogP contribution in [0.2, 0.25) is 0 Å². The van der Waals surface area contributed by atoms with Gasteiger partial charge in [-0.3, -0.25) is 14.5 Å². The Balaban J connectivity index is 1.46. The van der Waals surface area contributed by atoms with Crippen molar-refractivity contribution in [3.05, 3.63) is 30.1 Å². The molecule has 1 saturated carbocycles. The van der Waals surface area contributed by atoms with Crippen LogP contribution in [0.5, 0.6) is 0 Å². The molecule has 3 amide bonds. The maximum absolute atomic E-state index is 13.9. The van der Waals surface area contributed by atoms with Crippen molar-refractivity contribution in [1.29, 1.82) is 0 Å². The fourth-order valence-corrected chi connectivity index (χ4v) is 3.79. The topological polar surface area (TPSA) is 102 Å². The number of nitrogens with zero attached hydrogens (tertiary/aromatic N) is 2. The van der Waals surface area contributed by atoms with E-state index in [4.69, 9.17) is 5.11 Å². The Morgan fingerprint density at radius 2 is 2.00 bits per heavy atom. The molecule has 1 aromatic carbocycles. The van der Waals surface area contributed by atoms with Crippen LogP contribution < -0.4 is 15.5 Å². The summed E-state index contributed by atoms with van der Waals surface area (Å²) < 4.78 is 13.9. The molecule has 2 fully saturated rings. The lowest BCUT2D eigenvalue weighted by Crippen LogP contribution is -2.57. The van der Waals surface area contributed by atoms with Gasteiger partial charge in [-0.15, -0.1) is 0 Å². The summed E-state index contributed by atoms with van der Waals surface area (Å²) in [7, 11) is 0. The number of hydrogen-bond donors (Lipinski definition) is 3. The minimum Gasteiger partial charge on any atom is -0.480 e. The lowest BCUT2D eigenvalue weighted by atomic mass is 9.85. The van der Waals surface area contributed by atoms with Crippen LogP contribution in [-0.2, 0) is 9.59 Å². The second-order valence-corrected chi connectivity index (χ2v) is 7.18. The highest BCUT2D eigenvalue weighted by atomic mass is 19.1. The Kier molecular flexibility index (Phi) is 6.13. The molecular formula is C19H25FN4O4. The zero-order chi connectivity index (χ0) is 20.3. The number of carbonyl (C=O) groups is 3. The first-order chi connectivity index (χ1) is 13.4. The zero-order valence-corrected chi connectivity index (χ0v) is 15.7.